The molecule has 0 N–H and O–H groups in total. The summed E-state index contributed by atoms with van der Waals surface area (Å²) in [5, 5.41) is 2.91. The minimum absolute atomic E-state index is 0.0598. The van der Waals surface area contributed by atoms with Crippen molar-refractivity contribution in [2.45, 2.75) is 6.92 Å². The maximum Gasteiger partial charge on any atom is 0.247 e. The van der Waals surface area contributed by atoms with Crippen molar-refractivity contribution in [1.29, 1.82) is 0 Å². The summed E-state index contributed by atoms with van der Waals surface area (Å²) in [6.07, 6.45) is 6.65. The summed E-state index contributed by atoms with van der Waals surface area (Å²) in [5.41, 5.74) is 0.818. The van der Waals surface area contributed by atoms with Crippen molar-refractivity contribution in [1.82, 2.24) is 9.88 Å². The third-order valence-corrected chi connectivity index (χ3v) is 2.84. The maximum absolute atomic E-state index is 11.8. The van der Waals surface area contributed by atoms with Crippen LogP contribution in [0, 0.1) is 6.92 Å². The Balaban J connectivity index is 2.65. The van der Waals surface area contributed by atoms with E-state index in [1.54, 1.807) is 34.5 Å². The highest BCUT2D eigenvalue weighted by molar-refractivity contribution is 7.09. The molecule has 0 spiro atoms. The second kappa shape index (κ2) is 6.81. The minimum atomic E-state index is -0.0598. The van der Waals surface area contributed by atoms with Gasteiger partial charge in [-0.05, 0) is 13.0 Å². The smallest absolute Gasteiger partial charge is 0.247 e. The molecule has 1 amide bonds. The molecule has 0 aromatic carbocycles. The van der Waals surface area contributed by atoms with Crippen molar-refractivity contribution in [3.8, 4) is 0 Å². The Morgan fingerprint density at radius 3 is 2.59 bits per heavy atom. The van der Waals surface area contributed by atoms with Crippen molar-refractivity contribution >= 4 is 23.3 Å². The molecule has 0 aliphatic rings. The topological polar surface area (TPSA) is 33.2 Å². The Kier molecular flexibility index (Phi) is 5.36. The number of thiazole rings is 1. The van der Waals surface area contributed by atoms with Crippen molar-refractivity contribution in [3.05, 3.63) is 47.5 Å². The van der Waals surface area contributed by atoms with E-state index in [0.717, 1.165) is 10.7 Å². The molecule has 0 unspecified atom stereocenters. The average molecular weight is 248 g/mol. The fraction of sp³-hybridized carbons (Fsp3) is 0.231. The summed E-state index contributed by atoms with van der Waals surface area (Å²) in [6.45, 7) is 10.2. The van der Waals surface area contributed by atoms with Gasteiger partial charge in [0.1, 0.15) is 0 Å². The molecule has 0 saturated heterocycles. The second-order valence-corrected chi connectivity index (χ2v) is 4.51. The second-order valence-electron chi connectivity index (χ2n) is 3.45. The molecule has 0 atom stereocenters. The van der Waals surface area contributed by atoms with Crippen LogP contribution in [0.1, 0.15) is 10.7 Å². The number of hydrogen-bond donors (Lipinski definition) is 0. The van der Waals surface area contributed by atoms with Crippen molar-refractivity contribution in [2.24, 2.45) is 0 Å². The predicted octanol–water partition coefficient (Wildman–Crippen LogP) is 2.67. The van der Waals surface area contributed by atoms with Gasteiger partial charge in [0.25, 0.3) is 0 Å². The first-order valence-corrected chi connectivity index (χ1v) is 6.16. The number of carbonyl (C=O) groups is 1. The molecule has 1 rings (SSSR count). The fourth-order valence-electron chi connectivity index (χ4n) is 1.28. The molecule has 1 aromatic heterocycles. The zero-order chi connectivity index (χ0) is 12.7. The highest BCUT2D eigenvalue weighted by Gasteiger charge is 2.06. The van der Waals surface area contributed by atoms with Crippen LogP contribution in [0.25, 0.3) is 6.08 Å². The third-order valence-electron chi connectivity index (χ3n) is 2.04. The van der Waals surface area contributed by atoms with Crippen LogP contribution in [0.2, 0.25) is 0 Å². The Bertz CT molecular complexity index is 424. The highest BCUT2D eigenvalue weighted by Crippen LogP contribution is 2.09. The van der Waals surface area contributed by atoms with Gasteiger partial charge in [0.2, 0.25) is 5.91 Å². The van der Waals surface area contributed by atoms with Gasteiger partial charge >= 0.3 is 0 Å². The van der Waals surface area contributed by atoms with E-state index in [0.29, 0.717) is 13.1 Å². The quantitative estimate of drug-likeness (QED) is 0.573. The molecule has 90 valence electrons. The van der Waals surface area contributed by atoms with Gasteiger partial charge in [-0.1, -0.05) is 12.2 Å². The molecule has 0 fully saturated rings. The Labute approximate surface area is 106 Å². The van der Waals surface area contributed by atoms with Crippen molar-refractivity contribution < 1.29 is 4.79 Å². The summed E-state index contributed by atoms with van der Waals surface area (Å²) < 4.78 is 0. The Morgan fingerprint density at radius 2 is 2.12 bits per heavy atom. The predicted molar refractivity (Wildman–Crippen MR) is 72.9 cm³/mol. The van der Waals surface area contributed by atoms with Gasteiger partial charge < -0.3 is 4.90 Å². The van der Waals surface area contributed by atoms with Gasteiger partial charge in [-0.2, -0.15) is 0 Å². The molecule has 17 heavy (non-hydrogen) atoms. The van der Waals surface area contributed by atoms with Crippen LogP contribution in [0.3, 0.4) is 0 Å². The van der Waals surface area contributed by atoms with Crippen LogP contribution in [-0.4, -0.2) is 28.9 Å². The van der Waals surface area contributed by atoms with Gasteiger partial charge in [-0.15, -0.1) is 24.5 Å². The number of aryl methyl sites for hydroxylation is 1. The lowest BCUT2D eigenvalue weighted by molar-refractivity contribution is -0.124. The lowest BCUT2D eigenvalue weighted by Gasteiger charge is -2.16. The van der Waals surface area contributed by atoms with E-state index >= 15 is 0 Å². The average Bonchev–Trinajstić information content (AvgIpc) is 2.72. The number of amides is 1. The van der Waals surface area contributed by atoms with Crippen LogP contribution in [0.15, 0.2) is 36.8 Å². The zero-order valence-corrected chi connectivity index (χ0v) is 10.7. The van der Waals surface area contributed by atoms with Crippen molar-refractivity contribution in [3.63, 3.8) is 0 Å². The van der Waals surface area contributed by atoms with E-state index in [1.807, 2.05) is 12.3 Å². The summed E-state index contributed by atoms with van der Waals surface area (Å²) in [5.74, 6) is -0.0598. The zero-order valence-electron chi connectivity index (χ0n) is 9.93. The van der Waals surface area contributed by atoms with E-state index in [4.69, 9.17) is 0 Å². The first-order valence-electron chi connectivity index (χ1n) is 5.28. The molecule has 0 bridgehead atoms. The molecule has 3 nitrogen and oxygen atoms in total. The summed E-state index contributed by atoms with van der Waals surface area (Å²) >= 11 is 1.57. The number of nitrogens with zero attached hydrogens (tertiary/aromatic N) is 2. The molecule has 1 aromatic rings. The van der Waals surface area contributed by atoms with E-state index in [-0.39, 0.29) is 5.91 Å². The minimum Gasteiger partial charge on any atom is -0.332 e. The van der Waals surface area contributed by atoms with Crippen molar-refractivity contribution in [2.75, 3.05) is 13.1 Å². The summed E-state index contributed by atoms with van der Waals surface area (Å²) in [6, 6.07) is 0. The first kappa shape index (κ1) is 13.4. The van der Waals surface area contributed by atoms with E-state index in [9.17, 15) is 4.79 Å². The lowest BCUT2D eigenvalue weighted by Crippen LogP contribution is -2.29. The van der Waals surface area contributed by atoms with Gasteiger partial charge in [-0.25, -0.2) is 4.98 Å². The Hall–Kier alpha value is -1.68. The van der Waals surface area contributed by atoms with Gasteiger partial charge in [0, 0.05) is 24.5 Å². The van der Waals surface area contributed by atoms with Crippen LogP contribution in [-0.2, 0) is 4.79 Å². The Morgan fingerprint density at radius 1 is 1.47 bits per heavy atom. The van der Waals surface area contributed by atoms with E-state index in [2.05, 4.69) is 18.1 Å². The monoisotopic (exact) mass is 248 g/mol. The molecule has 0 aliphatic heterocycles. The number of hydrogen-bond acceptors (Lipinski definition) is 3. The van der Waals surface area contributed by atoms with Gasteiger partial charge in [-0.3, -0.25) is 4.79 Å². The molecule has 1 heterocycles. The summed E-state index contributed by atoms with van der Waals surface area (Å²) in [4.78, 5) is 17.7. The lowest BCUT2D eigenvalue weighted by atomic mass is 10.3. The molecular weight excluding hydrogens is 232 g/mol. The number of carbonyl (C=O) groups excluding carboxylic acids is 1. The maximum atomic E-state index is 11.8. The number of rotatable bonds is 6. The molecule has 4 heteroatoms. The third kappa shape index (κ3) is 4.36. The van der Waals surface area contributed by atoms with Crippen LogP contribution in [0.4, 0.5) is 0 Å². The standard InChI is InChI=1S/C13H16N2OS/c1-4-8-15(9-5-2)13(16)7-6-12-10-17-11(3)14-12/h4-7,10H,1-2,8-9H2,3H3. The molecule has 0 aliphatic carbocycles. The van der Waals surface area contributed by atoms with E-state index in [1.165, 1.54) is 6.08 Å². The summed E-state index contributed by atoms with van der Waals surface area (Å²) in [7, 11) is 0. The van der Waals surface area contributed by atoms with Gasteiger partial charge in [0.15, 0.2) is 0 Å². The van der Waals surface area contributed by atoms with Crippen LogP contribution >= 0.6 is 11.3 Å². The highest BCUT2D eigenvalue weighted by atomic mass is 32.1. The molecular formula is C13H16N2OS. The molecule has 0 radical (unpaired) electrons. The van der Waals surface area contributed by atoms with Gasteiger partial charge in [0.05, 0.1) is 10.7 Å². The first-order chi connectivity index (χ1) is 8.17. The molecule has 0 saturated carbocycles. The SMILES string of the molecule is C=CCN(CC=C)C(=O)C=Cc1csc(C)n1. The van der Waals surface area contributed by atoms with Crippen LogP contribution in [0.5, 0.6) is 0 Å². The normalized spacial score (nSPS) is 10.4. The number of aromatic nitrogens is 1. The largest absolute Gasteiger partial charge is 0.332 e. The fourth-order valence-corrected chi connectivity index (χ4v) is 1.87. The van der Waals surface area contributed by atoms with E-state index < -0.39 is 0 Å². The van der Waals surface area contributed by atoms with Crippen LogP contribution < -0.4 is 0 Å².